The number of rotatable bonds is 2. The Bertz CT molecular complexity index is 441. The molecule has 2 radical (unpaired) electrons. The molecule has 0 fully saturated rings. The van der Waals surface area contributed by atoms with E-state index in [2.05, 4.69) is 39.0 Å². The first-order chi connectivity index (χ1) is 7.11. The van der Waals surface area contributed by atoms with Crippen molar-refractivity contribution in [1.82, 2.24) is 0 Å². The summed E-state index contributed by atoms with van der Waals surface area (Å²) < 4.78 is 0. The van der Waals surface area contributed by atoms with E-state index in [1.807, 2.05) is 13.0 Å². The Morgan fingerprint density at radius 1 is 1.27 bits per heavy atom. The zero-order valence-corrected chi connectivity index (χ0v) is 10.2. The van der Waals surface area contributed by atoms with Crippen LogP contribution in [0.25, 0.3) is 12.2 Å². The Kier molecular flexibility index (Phi) is 4.20. The van der Waals surface area contributed by atoms with Crippen LogP contribution in [0.2, 0.25) is 0 Å². The summed E-state index contributed by atoms with van der Waals surface area (Å²) in [6.07, 6.45) is 5.41. The van der Waals surface area contributed by atoms with Crippen LogP contribution in [-0.2, 0) is 0 Å². The Morgan fingerprint density at radius 3 is 2.40 bits per heavy atom. The van der Waals surface area contributed by atoms with Crippen molar-refractivity contribution in [3.05, 3.63) is 28.1 Å². The summed E-state index contributed by atoms with van der Waals surface area (Å²) in [5.74, 6) is 0.544. The van der Waals surface area contributed by atoms with E-state index in [9.17, 15) is 0 Å². The van der Waals surface area contributed by atoms with Crippen LogP contribution in [-0.4, -0.2) is 7.85 Å². The van der Waals surface area contributed by atoms with Crippen LogP contribution < -0.4 is 15.9 Å². The van der Waals surface area contributed by atoms with Crippen molar-refractivity contribution in [2.75, 3.05) is 0 Å². The van der Waals surface area contributed by atoms with E-state index in [0.29, 0.717) is 5.92 Å². The molecule has 0 nitrogen and oxygen atoms in total. The van der Waals surface area contributed by atoms with E-state index in [-0.39, 0.29) is 0 Å². The van der Waals surface area contributed by atoms with Crippen LogP contribution in [0.5, 0.6) is 0 Å². The topological polar surface area (TPSA) is 0 Å². The minimum Gasteiger partial charge on any atom is -0.0893 e. The highest BCUT2D eigenvalue weighted by atomic mass is 14.1. The molecule has 0 unspecified atom stereocenters. The van der Waals surface area contributed by atoms with Crippen molar-refractivity contribution < 1.29 is 0 Å². The largest absolute Gasteiger partial charge is 0.114 e. The van der Waals surface area contributed by atoms with Crippen LogP contribution in [0.4, 0.5) is 0 Å². The summed E-state index contributed by atoms with van der Waals surface area (Å²) in [4.78, 5) is 0. The number of hydrogen-bond donors (Lipinski definition) is 0. The minimum atomic E-state index is 0.544. The molecule has 0 saturated carbocycles. The molecule has 0 bridgehead atoms. The van der Waals surface area contributed by atoms with Crippen molar-refractivity contribution in [2.24, 2.45) is 0 Å². The molecule has 1 aromatic carbocycles. The summed E-state index contributed by atoms with van der Waals surface area (Å²) in [6, 6.07) is 4.16. The molecule has 15 heavy (non-hydrogen) atoms. The molecule has 0 saturated heterocycles. The first-order valence-electron chi connectivity index (χ1n) is 5.66. The molecule has 1 rings (SSSR count). The lowest BCUT2D eigenvalue weighted by Gasteiger charge is -2.09. The van der Waals surface area contributed by atoms with Crippen molar-refractivity contribution in [2.45, 2.75) is 40.0 Å². The maximum atomic E-state index is 5.98. The molecule has 78 valence electrons. The van der Waals surface area contributed by atoms with E-state index in [4.69, 9.17) is 7.85 Å². The van der Waals surface area contributed by atoms with Gasteiger partial charge in [-0.05, 0) is 35.3 Å². The third-order valence-corrected chi connectivity index (χ3v) is 2.67. The lowest BCUT2D eigenvalue weighted by atomic mass is 9.88. The second kappa shape index (κ2) is 5.20. The summed E-state index contributed by atoms with van der Waals surface area (Å²) in [6.45, 7) is 8.64. The second-order valence-electron chi connectivity index (χ2n) is 4.13. The molecule has 0 spiro atoms. The molecule has 0 atom stereocenters. The third-order valence-electron chi connectivity index (χ3n) is 2.67. The van der Waals surface area contributed by atoms with Gasteiger partial charge in [0.05, 0.1) is 0 Å². The lowest BCUT2D eigenvalue weighted by molar-refractivity contribution is 0.856. The van der Waals surface area contributed by atoms with Gasteiger partial charge in [-0.3, -0.25) is 0 Å². The molecule has 0 aromatic heterocycles. The molecule has 0 aliphatic carbocycles. The third kappa shape index (κ3) is 2.53. The Labute approximate surface area is 94.1 Å². The van der Waals surface area contributed by atoms with Crippen molar-refractivity contribution in [3.63, 3.8) is 0 Å². The van der Waals surface area contributed by atoms with Crippen LogP contribution in [0, 0.1) is 0 Å². The fourth-order valence-corrected chi connectivity index (χ4v) is 1.93. The lowest BCUT2D eigenvalue weighted by Crippen LogP contribution is -2.41. The molecule has 0 amide bonds. The van der Waals surface area contributed by atoms with E-state index in [1.165, 1.54) is 16.0 Å². The van der Waals surface area contributed by atoms with Gasteiger partial charge < -0.3 is 0 Å². The fourth-order valence-electron chi connectivity index (χ4n) is 1.93. The molecule has 0 aliphatic heterocycles. The van der Waals surface area contributed by atoms with E-state index < -0.39 is 0 Å². The molecular weight excluding hydrogens is 179 g/mol. The molecule has 1 heteroatoms. The Morgan fingerprint density at radius 2 is 1.93 bits per heavy atom. The molecule has 0 N–H and O–H groups in total. The van der Waals surface area contributed by atoms with Gasteiger partial charge in [0.2, 0.25) is 0 Å². The van der Waals surface area contributed by atoms with Crippen LogP contribution in [0.15, 0.2) is 12.1 Å². The van der Waals surface area contributed by atoms with E-state index in [1.54, 1.807) is 0 Å². The van der Waals surface area contributed by atoms with Gasteiger partial charge in [0.1, 0.15) is 7.85 Å². The van der Waals surface area contributed by atoms with Gasteiger partial charge in [-0.2, -0.15) is 0 Å². The van der Waals surface area contributed by atoms with Crippen LogP contribution in [0.1, 0.15) is 45.6 Å². The Balaban J connectivity index is 3.66. The van der Waals surface area contributed by atoms with Gasteiger partial charge in [0.15, 0.2) is 0 Å². The predicted molar refractivity (Wildman–Crippen MR) is 70.1 cm³/mol. The zero-order valence-electron chi connectivity index (χ0n) is 10.2. The van der Waals surface area contributed by atoms with Gasteiger partial charge in [-0.1, -0.05) is 50.5 Å². The SMILES string of the molecule is [B]c1ccc(C(C)C)c(=C/CC)/c1=C\C. The van der Waals surface area contributed by atoms with Gasteiger partial charge in [0, 0.05) is 0 Å². The quantitative estimate of drug-likeness (QED) is 0.633. The zero-order chi connectivity index (χ0) is 11.4. The first-order valence-corrected chi connectivity index (χ1v) is 5.66. The first kappa shape index (κ1) is 12.1. The monoisotopic (exact) mass is 198 g/mol. The Hall–Kier alpha value is -0.975. The van der Waals surface area contributed by atoms with Crippen molar-refractivity contribution >= 4 is 25.5 Å². The average Bonchev–Trinajstić information content (AvgIpc) is 2.18. The number of benzene rings is 1. The maximum Gasteiger partial charge on any atom is 0.114 e. The fraction of sp³-hybridized carbons (Fsp3) is 0.429. The average molecular weight is 198 g/mol. The van der Waals surface area contributed by atoms with Crippen LogP contribution >= 0.6 is 0 Å². The summed E-state index contributed by atoms with van der Waals surface area (Å²) in [7, 11) is 5.98. The van der Waals surface area contributed by atoms with Crippen molar-refractivity contribution in [3.8, 4) is 0 Å². The predicted octanol–water partition coefficient (Wildman–Crippen LogP) is 1.59. The van der Waals surface area contributed by atoms with E-state index >= 15 is 0 Å². The van der Waals surface area contributed by atoms with Gasteiger partial charge in [-0.15, -0.1) is 0 Å². The van der Waals surface area contributed by atoms with E-state index in [0.717, 1.165) is 11.9 Å². The highest BCUT2D eigenvalue weighted by Gasteiger charge is 2.02. The normalized spacial score (nSPS) is 13.9. The second-order valence-corrected chi connectivity index (χ2v) is 4.13. The molecule has 0 heterocycles. The van der Waals surface area contributed by atoms with Gasteiger partial charge in [-0.25, -0.2) is 0 Å². The maximum absolute atomic E-state index is 5.98. The summed E-state index contributed by atoms with van der Waals surface area (Å²) in [5, 5.41) is 2.50. The smallest absolute Gasteiger partial charge is 0.0893 e. The number of hydrogen-bond acceptors (Lipinski definition) is 0. The van der Waals surface area contributed by atoms with Crippen LogP contribution in [0.3, 0.4) is 0 Å². The minimum absolute atomic E-state index is 0.544. The van der Waals surface area contributed by atoms with Gasteiger partial charge in [0.25, 0.3) is 0 Å². The standard InChI is InChI=1S/C14H19B/c1-5-7-13-11(6-2)14(15)9-8-12(13)10(3)4/h6-10H,5H2,1-4H3/b11-6+,13-7+. The molecular formula is C14H19B. The highest BCUT2D eigenvalue weighted by molar-refractivity contribution is 6.32. The summed E-state index contributed by atoms with van der Waals surface area (Å²) in [5.41, 5.74) is 2.26. The summed E-state index contributed by atoms with van der Waals surface area (Å²) >= 11 is 0. The molecule has 1 aromatic rings. The molecule has 0 aliphatic rings. The van der Waals surface area contributed by atoms with Crippen molar-refractivity contribution in [1.29, 1.82) is 0 Å². The van der Waals surface area contributed by atoms with Gasteiger partial charge >= 0.3 is 0 Å². The highest BCUT2D eigenvalue weighted by Crippen LogP contribution is 2.06.